The number of carboxylic acid groups (broad SMARTS) is 1. The van der Waals surface area contributed by atoms with Crippen molar-refractivity contribution in [3.63, 3.8) is 0 Å². The van der Waals surface area contributed by atoms with Crippen molar-refractivity contribution in [3.05, 3.63) is 27.9 Å². The molecule has 1 N–H and O–H groups in total. The third kappa shape index (κ3) is 1.91. The Morgan fingerprint density at radius 1 is 1.53 bits per heavy atom. The molecule has 2 fully saturated rings. The number of aromatic carboxylic acids is 1. The zero-order chi connectivity index (χ0) is 13.6. The van der Waals surface area contributed by atoms with Crippen molar-refractivity contribution in [2.45, 2.75) is 25.3 Å². The molecule has 0 spiro atoms. The summed E-state index contributed by atoms with van der Waals surface area (Å²) in [6, 6.07) is 1.72. The van der Waals surface area contributed by atoms with E-state index in [9.17, 15) is 14.9 Å². The van der Waals surface area contributed by atoms with Gasteiger partial charge in [-0.25, -0.2) is 9.78 Å². The molecule has 7 nitrogen and oxygen atoms in total. The molecule has 1 aromatic rings. The van der Waals surface area contributed by atoms with Crippen molar-refractivity contribution in [1.29, 1.82) is 0 Å². The van der Waals surface area contributed by atoms with Crippen LogP contribution < -0.4 is 4.90 Å². The van der Waals surface area contributed by atoms with Crippen molar-refractivity contribution in [3.8, 4) is 0 Å². The van der Waals surface area contributed by atoms with Crippen LogP contribution in [0, 0.1) is 16.0 Å². The lowest BCUT2D eigenvalue weighted by atomic mass is 10.1. The Morgan fingerprint density at radius 3 is 2.84 bits per heavy atom. The van der Waals surface area contributed by atoms with Crippen LogP contribution in [0.4, 0.5) is 11.5 Å². The van der Waals surface area contributed by atoms with E-state index in [0.717, 1.165) is 25.6 Å². The van der Waals surface area contributed by atoms with Gasteiger partial charge in [0.15, 0.2) is 0 Å². The van der Waals surface area contributed by atoms with Crippen LogP contribution in [-0.2, 0) is 0 Å². The molecule has 0 radical (unpaired) electrons. The quantitative estimate of drug-likeness (QED) is 0.658. The highest BCUT2D eigenvalue weighted by Gasteiger charge is 2.39. The molecule has 2 heterocycles. The van der Waals surface area contributed by atoms with Crippen LogP contribution >= 0.6 is 0 Å². The number of aromatic nitrogens is 1. The summed E-state index contributed by atoms with van der Waals surface area (Å²) >= 11 is 0. The zero-order valence-electron chi connectivity index (χ0n) is 10.2. The maximum Gasteiger partial charge on any atom is 0.342 e. The van der Waals surface area contributed by atoms with Crippen LogP contribution in [0.1, 0.15) is 29.6 Å². The van der Waals surface area contributed by atoms with Gasteiger partial charge in [-0.15, -0.1) is 0 Å². The van der Waals surface area contributed by atoms with E-state index in [1.807, 2.05) is 0 Å². The van der Waals surface area contributed by atoms with Crippen LogP contribution in [0.25, 0.3) is 0 Å². The van der Waals surface area contributed by atoms with Gasteiger partial charge in [0.05, 0.1) is 4.92 Å². The first-order chi connectivity index (χ1) is 9.06. The van der Waals surface area contributed by atoms with Gasteiger partial charge >= 0.3 is 11.7 Å². The van der Waals surface area contributed by atoms with Crippen molar-refractivity contribution >= 4 is 17.5 Å². The predicted molar refractivity (Wildman–Crippen MR) is 66.3 cm³/mol. The van der Waals surface area contributed by atoms with Gasteiger partial charge < -0.3 is 10.0 Å². The number of rotatable bonds is 3. The number of carboxylic acids is 1. The second-order valence-corrected chi connectivity index (χ2v) is 5.11. The molecule has 2 aliphatic rings. The summed E-state index contributed by atoms with van der Waals surface area (Å²) in [5.41, 5.74) is -0.752. The van der Waals surface area contributed by atoms with Crippen molar-refractivity contribution in [2.24, 2.45) is 5.92 Å². The number of fused-ring (bicyclic) bond motifs is 2. The Morgan fingerprint density at radius 2 is 2.32 bits per heavy atom. The minimum Gasteiger partial charge on any atom is -0.477 e. The molecule has 3 rings (SSSR count). The maximum absolute atomic E-state index is 11.1. The largest absolute Gasteiger partial charge is 0.477 e. The van der Waals surface area contributed by atoms with E-state index in [2.05, 4.69) is 9.88 Å². The number of carbonyl (C=O) groups is 1. The van der Waals surface area contributed by atoms with E-state index in [1.165, 1.54) is 12.5 Å². The lowest BCUT2D eigenvalue weighted by Gasteiger charge is -2.28. The van der Waals surface area contributed by atoms with Crippen LogP contribution in [0.5, 0.6) is 0 Å². The summed E-state index contributed by atoms with van der Waals surface area (Å²) in [5.74, 6) is -0.106. The van der Waals surface area contributed by atoms with Gasteiger partial charge in [-0.2, -0.15) is 0 Å². The number of hydrogen-bond acceptors (Lipinski definition) is 5. The molecular formula is C12H13N3O4. The second kappa shape index (κ2) is 4.18. The Balaban J connectivity index is 1.97. The second-order valence-electron chi connectivity index (χ2n) is 5.11. The Hall–Kier alpha value is -2.18. The Bertz CT molecular complexity index is 560. The lowest BCUT2D eigenvalue weighted by Crippen LogP contribution is -2.32. The molecule has 1 aliphatic carbocycles. The van der Waals surface area contributed by atoms with E-state index < -0.39 is 16.6 Å². The third-order valence-electron chi connectivity index (χ3n) is 4.00. The molecule has 2 atom stereocenters. The molecule has 100 valence electrons. The number of nitrogens with zero attached hydrogens (tertiary/aromatic N) is 3. The summed E-state index contributed by atoms with van der Waals surface area (Å²) in [6.07, 6.45) is 4.46. The minimum absolute atomic E-state index is 0.294. The van der Waals surface area contributed by atoms with E-state index in [0.29, 0.717) is 17.8 Å². The Labute approximate surface area is 109 Å². The van der Waals surface area contributed by atoms with Gasteiger partial charge in [0.2, 0.25) is 0 Å². The molecule has 0 amide bonds. The standard InChI is InChI=1S/C12H13N3O4/c16-12(17)9-4-11(13-5-10(9)15(18)19)14-6-7-1-2-8(14)3-7/h4-5,7-8H,1-3,6H2,(H,16,17). The zero-order valence-corrected chi connectivity index (χ0v) is 10.2. The molecule has 1 saturated heterocycles. The smallest absolute Gasteiger partial charge is 0.342 e. The fourth-order valence-corrected chi connectivity index (χ4v) is 3.12. The van der Waals surface area contributed by atoms with E-state index in [-0.39, 0.29) is 5.56 Å². The van der Waals surface area contributed by atoms with Crippen LogP contribution in [-0.4, -0.2) is 33.6 Å². The molecule has 1 aliphatic heterocycles. The summed E-state index contributed by atoms with van der Waals surface area (Å²) in [6.45, 7) is 0.870. The first kappa shape index (κ1) is 11.9. The Kier molecular flexibility index (Phi) is 2.62. The predicted octanol–water partition coefficient (Wildman–Crippen LogP) is 1.68. The maximum atomic E-state index is 11.1. The van der Waals surface area contributed by atoms with Crippen LogP contribution in [0.15, 0.2) is 12.3 Å². The van der Waals surface area contributed by atoms with E-state index in [4.69, 9.17) is 5.11 Å². The summed E-state index contributed by atoms with van der Waals surface area (Å²) < 4.78 is 0. The topological polar surface area (TPSA) is 96.6 Å². The first-order valence-corrected chi connectivity index (χ1v) is 6.20. The molecule has 0 aromatic carbocycles. The molecular weight excluding hydrogens is 250 g/mol. The fourth-order valence-electron chi connectivity index (χ4n) is 3.12. The van der Waals surface area contributed by atoms with Gasteiger partial charge in [-0.1, -0.05) is 0 Å². The molecule has 19 heavy (non-hydrogen) atoms. The first-order valence-electron chi connectivity index (χ1n) is 6.20. The molecule has 1 aromatic heterocycles. The molecule has 2 bridgehead atoms. The third-order valence-corrected chi connectivity index (χ3v) is 4.00. The van der Waals surface area contributed by atoms with Gasteiger partial charge in [0.1, 0.15) is 17.6 Å². The number of pyridine rings is 1. The van der Waals surface area contributed by atoms with Crippen LogP contribution in [0.3, 0.4) is 0 Å². The number of hydrogen-bond donors (Lipinski definition) is 1. The normalized spacial score (nSPS) is 24.7. The lowest BCUT2D eigenvalue weighted by molar-refractivity contribution is -0.385. The highest BCUT2D eigenvalue weighted by Crippen LogP contribution is 2.40. The highest BCUT2D eigenvalue weighted by molar-refractivity contribution is 5.93. The van der Waals surface area contributed by atoms with Gasteiger partial charge in [0, 0.05) is 18.7 Å². The monoisotopic (exact) mass is 263 g/mol. The number of anilines is 1. The molecule has 2 unspecified atom stereocenters. The van der Waals surface area contributed by atoms with Crippen molar-refractivity contribution in [1.82, 2.24) is 4.98 Å². The van der Waals surface area contributed by atoms with E-state index in [1.54, 1.807) is 0 Å². The van der Waals surface area contributed by atoms with Crippen molar-refractivity contribution in [2.75, 3.05) is 11.4 Å². The van der Waals surface area contributed by atoms with Gasteiger partial charge in [-0.3, -0.25) is 10.1 Å². The van der Waals surface area contributed by atoms with Crippen LogP contribution in [0.2, 0.25) is 0 Å². The highest BCUT2D eigenvalue weighted by atomic mass is 16.6. The minimum atomic E-state index is -1.29. The number of nitro groups is 1. The average molecular weight is 263 g/mol. The van der Waals surface area contributed by atoms with Gasteiger partial charge in [0.25, 0.3) is 0 Å². The molecule has 1 saturated carbocycles. The fraction of sp³-hybridized carbons (Fsp3) is 0.500. The summed E-state index contributed by atoms with van der Waals surface area (Å²) in [5, 5.41) is 19.8. The van der Waals surface area contributed by atoms with Crippen molar-refractivity contribution < 1.29 is 14.8 Å². The average Bonchev–Trinajstić information content (AvgIpc) is 3.00. The summed E-state index contributed by atoms with van der Waals surface area (Å²) in [7, 11) is 0. The molecule has 7 heteroatoms. The van der Waals surface area contributed by atoms with Gasteiger partial charge in [-0.05, 0) is 25.2 Å². The SMILES string of the molecule is O=C(O)c1cc(N2CC3CCC2C3)ncc1[N+](=O)[O-]. The summed E-state index contributed by atoms with van der Waals surface area (Å²) in [4.78, 5) is 27.3. The number of piperidine rings is 1. The van der Waals surface area contributed by atoms with E-state index >= 15 is 0 Å².